The van der Waals surface area contributed by atoms with E-state index in [0.29, 0.717) is 0 Å². The second kappa shape index (κ2) is 12.1. The summed E-state index contributed by atoms with van der Waals surface area (Å²) in [6.45, 7) is 0. The molecule has 0 saturated heterocycles. The second-order valence-corrected chi connectivity index (χ2v) is 11.3. The number of aromatic carboxylic acids is 2. The molecule has 14 heteroatoms. The van der Waals surface area contributed by atoms with E-state index in [9.17, 15) is 14.7 Å². The number of rotatable bonds is 7. The Kier molecular flexibility index (Phi) is 9.35. The Morgan fingerprint density at radius 1 is 0.725 bits per heavy atom. The number of halogens is 8. The van der Waals surface area contributed by atoms with Crippen LogP contribution in [0, 0.1) is 0 Å². The third-order valence-corrected chi connectivity index (χ3v) is 9.42. The third-order valence-electron chi connectivity index (χ3n) is 5.72. The molecule has 4 rings (SSSR count). The number of carboxylic acid groups (broad SMARTS) is 2. The molecule has 0 bridgehead atoms. The first-order valence-electron chi connectivity index (χ1n) is 10.8. The predicted molar refractivity (Wildman–Crippen MR) is 157 cm³/mol. The maximum Gasteiger partial charge on any atom is 0.335 e. The summed E-state index contributed by atoms with van der Waals surface area (Å²) in [6.07, 6.45) is 0. The quantitative estimate of drug-likeness (QED) is 0.145. The summed E-state index contributed by atoms with van der Waals surface area (Å²) >= 11 is 52.7. The Morgan fingerprint density at radius 3 is 1.73 bits per heavy atom. The molecule has 3 aromatic rings. The third kappa shape index (κ3) is 5.57. The van der Waals surface area contributed by atoms with Crippen LogP contribution >= 0.6 is 92.8 Å². The predicted octanol–water partition coefficient (Wildman–Crippen LogP) is 9.81. The monoisotopic (exact) mass is 700 g/mol. The number of carbonyl (C=O) groups is 2. The molecule has 1 aliphatic rings. The van der Waals surface area contributed by atoms with Crippen LogP contribution in [0.2, 0.25) is 20.1 Å². The number of carboxylic acids is 2. The molecule has 0 aromatic heterocycles. The van der Waals surface area contributed by atoms with E-state index >= 15 is 0 Å². The van der Waals surface area contributed by atoms with Crippen LogP contribution in [-0.2, 0) is 5.60 Å². The van der Waals surface area contributed by atoms with Crippen LogP contribution in [-0.4, -0.2) is 27.5 Å². The van der Waals surface area contributed by atoms with Gasteiger partial charge in [0.1, 0.15) is 21.9 Å². The molecule has 0 fully saturated rings. The Hall–Kier alpha value is -2.00. The normalized spacial score (nSPS) is 19.1. The molecule has 1 aliphatic carbocycles. The Morgan fingerprint density at radius 2 is 1.23 bits per heavy atom. The van der Waals surface area contributed by atoms with Crippen molar-refractivity contribution in [2.75, 3.05) is 0 Å². The van der Waals surface area contributed by atoms with Crippen LogP contribution in [0.1, 0.15) is 26.3 Å². The van der Waals surface area contributed by atoms with E-state index in [-0.39, 0.29) is 69.1 Å². The number of hydrogen-bond donors (Lipinski definition) is 2. The lowest BCUT2D eigenvalue weighted by Crippen LogP contribution is -2.46. The van der Waals surface area contributed by atoms with E-state index < -0.39 is 22.9 Å². The van der Waals surface area contributed by atoms with E-state index in [2.05, 4.69) is 0 Å². The molecule has 6 nitrogen and oxygen atoms in total. The van der Waals surface area contributed by atoms with Crippen molar-refractivity contribution in [2.45, 2.75) is 11.0 Å². The molecule has 0 radical (unpaired) electrons. The molecule has 208 valence electrons. The van der Waals surface area contributed by atoms with Crippen LogP contribution in [0.15, 0.2) is 75.5 Å². The summed E-state index contributed by atoms with van der Waals surface area (Å²) < 4.78 is 12.2. The summed E-state index contributed by atoms with van der Waals surface area (Å²) in [5.41, 5.74) is -1.91. The van der Waals surface area contributed by atoms with E-state index in [1.54, 1.807) is 0 Å². The van der Waals surface area contributed by atoms with Gasteiger partial charge in [0.15, 0.2) is 11.4 Å². The van der Waals surface area contributed by atoms with Crippen molar-refractivity contribution in [1.82, 2.24) is 0 Å². The van der Waals surface area contributed by atoms with Gasteiger partial charge >= 0.3 is 11.9 Å². The maximum absolute atomic E-state index is 11.3. The Balaban J connectivity index is 1.90. The van der Waals surface area contributed by atoms with E-state index in [4.69, 9.17) is 107 Å². The first-order valence-corrected chi connectivity index (χ1v) is 13.8. The minimum Gasteiger partial charge on any atom is -0.478 e. The fourth-order valence-corrected chi connectivity index (χ4v) is 6.07. The standard InChI is InChI=1S/C26H12Cl8O6/c27-15-9-14(16(28)18(30)17(15)29)26(40-13-7-3-11(4-8-13)25(37)38)22(33)19(31)21(20(32)23(26)34)39-12-5-1-10(2-6-12)24(35)36/h1-9,22H,(H,35,36)(H,37,38). The molecule has 0 saturated carbocycles. The van der Waals surface area contributed by atoms with Crippen molar-refractivity contribution in [1.29, 1.82) is 0 Å². The first-order chi connectivity index (χ1) is 18.8. The van der Waals surface area contributed by atoms with Crippen molar-refractivity contribution >= 4 is 105 Å². The van der Waals surface area contributed by atoms with Crippen LogP contribution in [0.5, 0.6) is 11.5 Å². The summed E-state index contributed by atoms with van der Waals surface area (Å²) in [6, 6.07) is 12.1. The average molecular weight is 704 g/mol. The van der Waals surface area contributed by atoms with Gasteiger partial charge in [-0.25, -0.2) is 9.59 Å². The fourth-order valence-electron chi connectivity index (χ4n) is 3.75. The van der Waals surface area contributed by atoms with Gasteiger partial charge in [0.2, 0.25) is 0 Å². The Bertz CT molecular complexity index is 1580. The summed E-state index contributed by atoms with van der Waals surface area (Å²) in [4.78, 5) is 22.5. The average Bonchev–Trinajstić information content (AvgIpc) is 2.94. The molecule has 3 aromatic carbocycles. The molecule has 0 aliphatic heterocycles. The van der Waals surface area contributed by atoms with Crippen LogP contribution in [0.25, 0.3) is 0 Å². The van der Waals surface area contributed by atoms with Gasteiger partial charge < -0.3 is 19.7 Å². The number of benzene rings is 3. The van der Waals surface area contributed by atoms with Crippen molar-refractivity contribution < 1.29 is 29.3 Å². The molecule has 0 spiro atoms. The number of allylic oxidation sites excluding steroid dienone is 1. The van der Waals surface area contributed by atoms with E-state index in [0.717, 1.165) is 0 Å². The lowest BCUT2D eigenvalue weighted by Gasteiger charge is -2.42. The zero-order valence-corrected chi connectivity index (χ0v) is 25.4. The molecule has 40 heavy (non-hydrogen) atoms. The van der Waals surface area contributed by atoms with E-state index in [1.807, 2.05) is 0 Å². The van der Waals surface area contributed by atoms with Gasteiger partial charge in [-0.2, -0.15) is 0 Å². The molecule has 2 unspecified atom stereocenters. The minimum absolute atomic E-state index is 0.00900. The van der Waals surface area contributed by atoms with Crippen LogP contribution in [0.3, 0.4) is 0 Å². The highest BCUT2D eigenvalue weighted by atomic mass is 35.5. The maximum atomic E-state index is 11.3. The number of alkyl halides is 1. The highest BCUT2D eigenvalue weighted by Crippen LogP contribution is 2.56. The highest BCUT2D eigenvalue weighted by Gasteiger charge is 2.54. The summed E-state index contributed by atoms with van der Waals surface area (Å²) in [7, 11) is 0. The zero-order valence-electron chi connectivity index (χ0n) is 19.3. The van der Waals surface area contributed by atoms with Gasteiger partial charge in [-0.3, -0.25) is 0 Å². The first kappa shape index (κ1) is 30.9. The summed E-state index contributed by atoms with van der Waals surface area (Å²) in [5, 5.41) is 16.1. The van der Waals surface area contributed by atoms with Gasteiger partial charge in [0, 0.05) is 5.56 Å². The van der Waals surface area contributed by atoms with Crippen LogP contribution in [0.4, 0.5) is 0 Å². The second-order valence-electron chi connectivity index (χ2n) is 8.11. The van der Waals surface area contributed by atoms with Crippen molar-refractivity contribution in [3.63, 3.8) is 0 Å². The molecule has 2 N–H and O–H groups in total. The lowest BCUT2D eigenvalue weighted by molar-refractivity contribution is 0.0685. The van der Waals surface area contributed by atoms with Gasteiger partial charge in [-0.05, 0) is 54.6 Å². The largest absolute Gasteiger partial charge is 0.478 e. The number of hydrogen-bond acceptors (Lipinski definition) is 4. The van der Waals surface area contributed by atoms with E-state index in [1.165, 1.54) is 54.6 Å². The topological polar surface area (TPSA) is 93.1 Å². The molecular formula is C26H12Cl8O6. The van der Waals surface area contributed by atoms with Gasteiger partial charge in [-0.15, -0.1) is 11.6 Å². The van der Waals surface area contributed by atoms with Gasteiger partial charge in [-0.1, -0.05) is 81.2 Å². The smallest absolute Gasteiger partial charge is 0.335 e. The molecular weight excluding hydrogens is 692 g/mol. The fraction of sp³-hybridized carbons (Fsp3) is 0.0769. The van der Waals surface area contributed by atoms with Crippen LogP contribution < -0.4 is 9.47 Å². The van der Waals surface area contributed by atoms with Gasteiger partial charge in [0.25, 0.3) is 0 Å². The minimum atomic E-state index is -1.98. The SMILES string of the molecule is O=C(O)c1ccc(OC2=C(Cl)C(Cl)C(Oc3ccc(C(=O)O)cc3)(c3cc(Cl)c(Cl)c(Cl)c3Cl)C(Cl)=C2Cl)cc1. The molecule has 0 heterocycles. The summed E-state index contributed by atoms with van der Waals surface area (Å²) in [5.74, 6) is -2.14. The Labute approximate surface area is 267 Å². The molecule has 0 amide bonds. The number of ether oxygens (including phenoxy) is 2. The highest BCUT2D eigenvalue weighted by molar-refractivity contribution is 6.52. The van der Waals surface area contributed by atoms with Crippen molar-refractivity contribution in [3.8, 4) is 11.5 Å². The van der Waals surface area contributed by atoms with Crippen molar-refractivity contribution in [2.24, 2.45) is 0 Å². The zero-order chi connectivity index (χ0) is 29.5. The van der Waals surface area contributed by atoms with Gasteiger partial charge in [0.05, 0.1) is 41.3 Å². The lowest BCUT2D eigenvalue weighted by atomic mass is 9.85. The van der Waals surface area contributed by atoms with Crippen molar-refractivity contribution in [3.05, 3.63) is 112 Å². The molecule has 2 atom stereocenters.